The van der Waals surface area contributed by atoms with Gasteiger partial charge in [0.05, 0.1) is 12.7 Å². The van der Waals surface area contributed by atoms with E-state index in [-0.39, 0.29) is 6.10 Å². The van der Waals surface area contributed by atoms with Crippen molar-refractivity contribution < 1.29 is 9.84 Å². The van der Waals surface area contributed by atoms with Crippen LogP contribution in [0.1, 0.15) is 42.9 Å². The first kappa shape index (κ1) is 10.9. The van der Waals surface area contributed by atoms with Gasteiger partial charge in [-0.3, -0.25) is 0 Å². The summed E-state index contributed by atoms with van der Waals surface area (Å²) in [6, 6.07) is 6.27. The van der Waals surface area contributed by atoms with Crippen molar-refractivity contribution in [2.24, 2.45) is 17.8 Å². The van der Waals surface area contributed by atoms with Gasteiger partial charge >= 0.3 is 0 Å². The number of ether oxygens (including phenoxy) is 1. The molecular weight excluding hydrogens is 224 g/mol. The monoisotopic (exact) mass is 244 g/mol. The fourth-order valence-electron chi connectivity index (χ4n) is 3.86. The number of aliphatic hydroxyl groups is 1. The average Bonchev–Trinajstić information content (AvgIpc) is 3.04. The Kier molecular flexibility index (Phi) is 2.41. The van der Waals surface area contributed by atoms with E-state index in [1.54, 1.807) is 0 Å². The smallest absolute Gasteiger partial charge is 0.122 e. The number of benzene rings is 1. The zero-order chi connectivity index (χ0) is 12.1. The summed E-state index contributed by atoms with van der Waals surface area (Å²) in [6.45, 7) is 0.834. The van der Waals surface area contributed by atoms with Crippen LogP contribution in [0.3, 0.4) is 0 Å². The Morgan fingerprint density at radius 2 is 2.00 bits per heavy atom. The molecule has 3 atom stereocenters. The van der Waals surface area contributed by atoms with E-state index < -0.39 is 0 Å². The molecule has 0 aromatic heterocycles. The fraction of sp³-hybridized carbons (Fsp3) is 0.625. The minimum atomic E-state index is -0.259. The standard InChI is InChI=1S/C16H20O2/c17-16(14-8-12-7-13(12)9-14)11-3-4-15-10(6-11)2-1-5-18-15/h3-4,6,12-14,16-17H,1-2,5,7-9H2. The van der Waals surface area contributed by atoms with E-state index in [2.05, 4.69) is 12.1 Å². The first-order valence-electron chi connectivity index (χ1n) is 7.25. The summed E-state index contributed by atoms with van der Waals surface area (Å²) in [5.41, 5.74) is 2.38. The van der Waals surface area contributed by atoms with Crippen LogP contribution in [0.25, 0.3) is 0 Å². The maximum atomic E-state index is 10.5. The van der Waals surface area contributed by atoms with Crippen molar-refractivity contribution in [3.63, 3.8) is 0 Å². The molecular formula is C16H20O2. The third-order valence-electron chi connectivity index (χ3n) is 5.00. The largest absolute Gasteiger partial charge is 0.493 e. The molecule has 0 saturated heterocycles. The number of hydrogen-bond donors (Lipinski definition) is 1. The molecule has 0 amide bonds. The molecule has 3 aliphatic rings. The van der Waals surface area contributed by atoms with Crippen LogP contribution in [0.2, 0.25) is 0 Å². The van der Waals surface area contributed by atoms with Gasteiger partial charge in [-0.25, -0.2) is 0 Å². The van der Waals surface area contributed by atoms with Crippen molar-refractivity contribution in [1.82, 2.24) is 0 Å². The topological polar surface area (TPSA) is 29.5 Å². The average molecular weight is 244 g/mol. The van der Waals surface area contributed by atoms with Crippen molar-refractivity contribution >= 4 is 0 Å². The minimum absolute atomic E-state index is 0.259. The Hall–Kier alpha value is -1.02. The molecule has 1 N–H and O–H groups in total. The summed E-state index contributed by atoms with van der Waals surface area (Å²) in [5.74, 6) is 3.39. The lowest BCUT2D eigenvalue weighted by molar-refractivity contribution is 0.104. The van der Waals surface area contributed by atoms with Crippen LogP contribution in [-0.2, 0) is 6.42 Å². The molecule has 1 aromatic carbocycles. The lowest BCUT2D eigenvalue weighted by Gasteiger charge is -2.23. The highest BCUT2D eigenvalue weighted by molar-refractivity contribution is 5.39. The Morgan fingerprint density at radius 3 is 2.83 bits per heavy atom. The van der Waals surface area contributed by atoms with Gasteiger partial charge < -0.3 is 9.84 Å². The van der Waals surface area contributed by atoms with Gasteiger partial charge in [0.2, 0.25) is 0 Å². The van der Waals surface area contributed by atoms with E-state index in [0.717, 1.165) is 42.6 Å². The second kappa shape index (κ2) is 3.99. The summed E-state index contributed by atoms with van der Waals surface area (Å²) in [4.78, 5) is 0. The predicted molar refractivity (Wildman–Crippen MR) is 69.5 cm³/mol. The molecule has 1 aromatic rings. The molecule has 0 bridgehead atoms. The van der Waals surface area contributed by atoms with E-state index in [0.29, 0.717) is 5.92 Å². The summed E-state index contributed by atoms with van der Waals surface area (Å²) in [7, 11) is 0. The zero-order valence-corrected chi connectivity index (χ0v) is 10.6. The van der Waals surface area contributed by atoms with Crippen molar-refractivity contribution in [3.05, 3.63) is 29.3 Å². The summed E-state index contributed by atoms with van der Waals surface area (Å²) in [6.07, 6.45) is 5.82. The third kappa shape index (κ3) is 1.74. The molecule has 3 unspecified atom stereocenters. The van der Waals surface area contributed by atoms with Crippen LogP contribution in [0.5, 0.6) is 5.75 Å². The number of aliphatic hydroxyl groups excluding tert-OH is 1. The Morgan fingerprint density at radius 1 is 1.17 bits per heavy atom. The number of aryl methyl sites for hydroxylation is 1. The van der Waals surface area contributed by atoms with Crippen molar-refractivity contribution in [2.75, 3.05) is 6.61 Å². The molecule has 2 fully saturated rings. The molecule has 2 saturated carbocycles. The summed E-state index contributed by atoms with van der Waals surface area (Å²) < 4.78 is 5.63. The van der Waals surface area contributed by atoms with Gasteiger partial charge in [-0.15, -0.1) is 0 Å². The van der Waals surface area contributed by atoms with Crippen molar-refractivity contribution in [2.45, 2.75) is 38.2 Å². The van der Waals surface area contributed by atoms with E-state index >= 15 is 0 Å². The minimum Gasteiger partial charge on any atom is -0.493 e. The SMILES string of the molecule is OC(c1ccc2c(c1)CCCO2)C1CC2CC2C1. The van der Waals surface area contributed by atoms with Crippen LogP contribution >= 0.6 is 0 Å². The van der Waals surface area contributed by atoms with E-state index in [1.807, 2.05) is 6.07 Å². The highest BCUT2D eigenvalue weighted by Gasteiger charge is 2.47. The maximum Gasteiger partial charge on any atom is 0.122 e. The first-order chi connectivity index (χ1) is 8.81. The van der Waals surface area contributed by atoms with Gasteiger partial charge in [-0.1, -0.05) is 6.07 Å². The molecule has 96 valence electrons. The number of hydrogen-bond acceptors (Lipinski definition) is 2. The van der Waals surface area contributed by atoms with Crippen LogP contribution in [0.15, 0.2) is 18.2 Å². The second-order valence-electron chi connectivity index (χ2n) is 6.25. The predicted octanol–water partition coefficient (Wildman–Crippen LogP) is 3.09. The highest BCUT2D eigenvalue weighted by Crippen LogP contribution is 2.57. The highest BCUT2D eigenvalue weighted by atomic mass is 16.5. The Balaban J connectivity index is 1.56. The van der Waals surface area contributed by atoms with Crippen LogP contribution in [0.4, 0.5) is 0 Å². The van der Waals surface area contributed by atoms with Gasteiger partial charge in [0, 0.05) is 0 Å². The molecule has 0 radical (unpaired) electrons. The third-order valence-corrected chi connectivity index (χ3v) is 5.00. The molecule has 2 aliphatic carbocycles. The van der Waals surface area contributed by atoms with Gasteiger partial charge in [-0.05, 0) is 73.1 Å². The summed E-state index contributed by atoms with van der Waals surface area (Å²) in [5, 5.41) is 10.5. The Bertz CT molecular complexity index is 458. The van der Waals surface area contributed by atoms with Gasteiger partial charge in [-0.2, -0.15) is 0 Å². The summed E-state index contributed by atoms with van der Waals surface area (Å²) >= 11 is 0. The van der Waals surface area contributed by atoms with Crippen molar-refractivity contribution in [3.8, 4) is 5.75 Å². The molecule has 4 rings (SSSR count). The van der Waals surface area contributed by atoms with Gasteiger partial charge in [0.1, 0.15) is 5.75 Å². The number of rotatable bonds is 2. The Labute approximate surface area is 108 Å². The van der Waals surface area contributed by atoms with E-state index in [1.165, 1.54) is 24.8 Å². The van der Waals surface area contributed by atoms with E-state index in [9.17, 15) is 5.11 Å². The van der Waals surface area contributed by atoms with Gasteiger partial charge in [0.15, 0.2) is 0 Å². The normalized spacial score (nSPS) is 34.4. The molecule has 18 heavy (non-hydrogen) atoms. The van der Waals surface area contributed by atoms with Crippen LogP contribution < -0.4 is 4.74 Å². The van der Waals surface area contributed by atoms with Gasteiger partial charge in [0.25, 0.3) is 0 Å². The van der Waals surface area contributed by atoms with E-state index in [4.69, 9.17) is 4.74 Å². The second-order valence-corrected chi connectivity index (χ2v) is 6.25. The first-order valence-corrected chi connectivity index (χ1v) is 7.25. The fourth-order valence-corrected chi connectivity index (χ4v) is 3.86. The number of fused-ring (bicyclic) bond motifs is 2. The van der Waals surface area contributed by atoms with Crippen molar-refractivity contribution in [1.29, 1.82) is 0 Å². The molecule has 2 nitrogen and oxygen atoms in total. The lowest BCUT2D eigenvalue weighted by Crippen LogP contribution is -2.13. The molecule has 0 spiro atoms. The molecule has 1 aliphatic heterocycles. The maximum absolute atomic E-state index is 10.5. The molecule has 1 heterocycles. The molecule has 2 heteroatoms. The zero-order valence-electron chi connectivity index (χ0n) is 10.6. The van der Waals surface area contributed by atoms with Crippen LogP contribution in [0, 0.1) is 17.8 Å². The quantitative estimate of drug-likeness (QED) is 0.866. The lowest BCUT2D eigenvalue weighted by atomic mass is 9.90. The van der Waals surface area contributed by atoms with Crippen LogP contribution in [-0.4, -0.2) is 11.7 Å².